The molecule has 0 atom stereocenters. The number of nitrogens with zero attached hydrogens (tertiary/aromatic N) is 2. The standard InChI is InChI=1S/C16H20N2O2/c1-11-5-6-15(12(2)9-11)20-8-7-16(19)18-14(4)10-13(3)17-18/h5-6,9-10H,7-8H2,1-4H3. The zero-order chi connectivity index (χ0) is 14.7. The predicted molar refractivity (Wildman–Crippen MR) is 78.4 cm³/mol. The normalized spacial score (nSPS) is 10.6. The third-order valence-electron chi connectivity index (χ3n) is 3.15. The van der Waals surface area contributed by atoms with Gasteiger partial charge in [0.1, 0.15) is 5.75 Å². The minimum Gasteiger partial charge on any atom is -0.493 e. The molecule has 0 N–H and O–H groups in total. The molecule has 0 saturated heterocycles. The van der Waals surface area contributed by atoms with E-state index in [0.29, 0.717) is 13.0 Å². The van der Waals surface area contributed by atoms with Crippen molar-refractivity contribution in [2.45, 2.75) is 34.1 Å². The van der Waals surface area contributed by atoms with E-state index in [0.717, 1.165) is 22.7 Å². The van der Waals surface area contributed by atoms with E-state index in [-0.39, 0.29) is 5.91 Å². The van der Waals surface area contributed by atoms with Gasteiger partial charge in [0, 0.05) is 5.69 Å². The van der Waals surface area contributed by atoms with E-state index in [2.05, 4.69) is 11.2 Å². The van der Waals surface area contributed by atoms with Crippen molar-refractivity contribution in [2.24, 2.45) is 0 Å². The zero-order valence-corrected chi connectivity index (χ0v) is 12.4. The molecule has 0 aliphatic carbocycles. The number of hydrogen-bond donors (Lipinski definition) is 0. The fourth-order valence-electron chi connectivity index (χ4n) is 2.20. The van der Waals surface area contributed by atoms with Crippen LogP contribution in [0.25, 0.3) is 0 Å². The number of aryl methyl sites for hydroxylation is 4. The van der Waals surface area contributed by atoms with Gasteiger partial charge in [0.05, 0.1) is 18.7 Å². The van der Waals surface area contributed by atoms with Gasteiger partial charge in [-0.05, 0) is 45.4 Å². The number of ether oxygens (including phenoxy) is 1. The van der Waals surface area contributed by atoms with Gasteiger partial charge >= 0.3 is 0 Å². The van der Waals surface area contributed by atoms with Crippen LogP contribution in [0.4, 0.5) is 0 Å². The first-order chi connectivity index (χ1) is 9.47. The molecule has 0 spiro atoms. The van der Waals surface area contributed by atoms with Crippen molar-refractivity contribution < 1.29 is 9.53 Å². The lowest BCUT2D eigenvalue weighted by atomic mass is 10.1. The Bertz CT molecular complexity index is 629. The third kappa shape index (κ3) is 3.26. The monoisotopic (exact) mass is 272 g/mol. The molecule has 20 heavy (non-hydrogen) atoms. The Morgan fingerprint density at radius 3 is 2.55 bits per heavy atom. The summed E-state index contributed by atoms with van der Waals surface area (Å²) in [4.78, 5) is 12.0. The zero-order valence-electron chi connectivity index (χ0n) is 12.4. The summed E-state index contributed by atoms with van der Waals surface area (Å²) in [6.45, 7) is 8.17. The molecule has 1 heterocycles. The average Bonchev–Trinajstić information content (AvgIpc) is 2.71. The van der Waals surface area contributed by atoms with Crippen molar-refractivity contribution in [3.8, 4) is 5.75 Å². The van der Waals surface area contributed by atoms with Gasteiger partial charge in [0.15, 0.2) is 0 Å². The highest BCUT2D eigenvalue weighted by atomic mass is 16.5. The van der Waals surface area contributed by atoms with E-state index in [4.69, 9.17) is 4.74 Å². The number of carbonyl (C=O) groups excluding carboxylic acids is 1. The van der Waals surface area contributed by atoms with Gasteiger partial charge in [-0.3, -0.25) is 4.79 Å². The second-order valence-corrected chi connectivity index (χ2v) is 5.10. The molecule has 0 radical (unpaired) electrons. The highest BCUT2D eigenvalue weighted by molar-refractivity contribution is 5.78. The molecule has 0 unspecified atom stereocenters. The first-order valence-electron chi connectivity index (χ1n) is 6.74. The SMILES string of the molecule is Cc1ccc(OCCC(=O)n2nc(C)cc2C)c(C)c1. The Morgan fingerprint density at radius 1 is 1.20 bits per heavy atom. The van der Waals surface area contributed by atoms with Crippen LogP contribution in [0.3, 0.4) is 0 Å². The van der Waals surface area contributed by atoms with E-state index in [1.807, 2.05) is 45.9 Å². The number of hydrogen-bond acceptors (Lipinski definition) is 3. The van der Waals surface area contributed by atoms with Gasteiger partial charge in [0.2, 0.25) is 0 Å². The van der Waals surface area contributed by atoms with Gasteiger partial charge in [-0.1, -0.05) is 17.7 Å². The van der Waals surface area contributed by atoms with Crippen LogP contribution >= 0.6 is 0 Å². The number of aromatic nitrogens is 2. The molecule has 0 aliphatic heterocycles. The first kappa shape index (κ1) is 14.3. The summed E-state index contributed by atoms with van der Waals surface area (Å²) in [5.74, 6) is 0.789. The molecule has 4 heteroatoms. The van der Waals surface area contributed by atoms with Crippen LogP contribution in [0.15, 0.2) is 24.3 Å². The molecular formula is C16H20N2O2. The second kappa shape index (κ2) is 5.90. The maximum Gasteiger partial charge on any atom is 0.250 e. The van der Waals surface area contributed by atoms with Crippen LogP contribution in [0.2, 0.25) is 0 Å². The van der Waals surface area contributed by atoms with Crippen molar-refractivity contribution in [3.05, 3.63) is 46.8 Å². The average molecular weight is 272 g/mol. The van der Waals surface area contributed by atoms with E-state index < -0.39 is 0 Å². The third-order valence-corrected chi connectivity index (χ3v) is 3.15. The molecular weight excluding hydrogens is 252 g/mol. The summed E-state index contributed by atoms with van der Waals surface area (Å²) in [5, 5.41) is 4.18. The molecule has 2 aromatic rings. The lowest BCUT2D eigenvalue weighted by Gasteiger charge is -2.09. The van der Waals surface area contributed by atoms with E-state index in [9.17, 15) is 4.79 Å². The lowest BCUT2D eigenvalue weighted by molar-refractivity contribution is 0.0862. The van der Waals surface area contributed by atoms with Crippen LogP contribution in [-0.4, -0.2) is 22.3 Å². The Morgan fingerprint density at radius 2 is 1.95 bits per heavy atom. The lowest BCUT2D eigenvalue weighted by Crippen LogP contribution is -2.17. The summed E-state index contributed by atoms with van der Waals surface area (Å²) in [7, 11) is 0. The quantitative estimate of drug-likeness (QED) is 0.858. The van der Waals surface area contributed by atoms with Gasteiger partial charge in [-0.2, -0.15) is 5.10 Å². The predicted octanol–water partition coefficient (Wildman–Crippen LogP) is 3.23. The van der Waals surface area contributed by atoms with Crippen molar-refractivity contribution >= 4 is 5.91 Å². The van der Waals surface area contributed by atoms with Crippen molar-refractivity contribution in [3.63, 3.8) is 0 Å². The maximum atomic E-state index is 12.0. The van der Waals surface area contributed by atoms with Crippen molar-refractivity contribution in [1.29, 1.82) is 0 Å². The fourth-order valence-corrected chi connectivity index (χ4v) is 2.20. The number of benzene rings is 1. The molecule has 1 aromatic carbocycles. The summed E-state index contributed by atoms with van der Waals surface area (Å²) in [6, 6.07) is 7.91. The minimum atomic E-state index is -0.0413. The Hall–Kier alpha value is -2.10. The van der Waals surface area contributed by atoms with Crippen LogP contribution in [0.5, 0.6) is 5.75 Å². The molecule has 2 rings (SSSR count). The Labute approximate surface area is 119 Å². The fraction of sp³-hybridized carbons (Fsp3) is 0.375. The number of carbonyl (C=O) groups is 1. The summed E-state index contributed by atoms with van der Waals surface area (Å²) < 4.78 is 7.11. The van der Waals surface area contributed by atoms with Crippen LogP contribution in [0, 0.1) is 27.7 Å². The molecule has 0 bridgehead atoms. The van der Waals surface area contributed by atoms with Gasteiger partial charge in [-0.25, -0.2) is 4.68 Å². The molecule has 4 nitrogen and oxygen atoms in total. The van der Waals surface area contributed by atoms with Crippen LogP contribution < -0.4 is 4.74 Å². The van der Waals surface area contributed by atoms with Crippen LogP contribution in [-0.2, 0) is 0 Å². The highest BCUT2D eigenvalue weighted by Gasteiger charge is 2.10. The molecule has 0 saturated carbocycles. The summed E-state index contributed by atoms with van der Waals surface area (Å²) in [6.07, 6.45) is 0.315. The van der Waals surface area contributed by atoms with E-state index >= 15 is 0 Å². The smallest absolute Gasteiger partial charge is 0.250 e. The molecule has 1 aromatic heterocycles. The van der Waals surface area contributed by atoms with Crippen LogP contribution in [0.1, 0.15) is 33.7 Å². The van der Waals surface area contributed by atoms with E-state index in [1.165, 1.54) is 10.2 Å². The number of rotatable bonds is 4. The second-order valence-electron chi connectivity index (χ2n) is 5.10. The Balaban J connectivity index is 1.93. The molecule has 106 valence electrons. The van der Waals surface area contributed by atoms with Gasteiger partial charge in [-0.15, -0.1) is 0 Å². The maximum absolute atomic E-state index is 12.0. The van der Waals surface area contributed by atoms with Crippen molar-refractivity contribution in [2.75, 3.05) is 6.61 Å². The summed E-state index contributed by atoms with van der Waals surface area (Å²) in [5.41, 5.74) is 4.00. The minimum absolute atomic E-state index is 0.0413. The topological polar surface area (TPSA) is 44.1 Å². The Kier molecular flexibility index (Phi) is 4.23. The largest absolute Gasteiger partial charge is 0.493 e. The first-order valence-corrected chi connectivity index (χ1v) is 6.74. The molecule has 0 fully saturated rings. The highest BCUT2D eigenvalue weighted by Crippen LogP contribution is 2.18. The molecule has 0 aliphatic rings. The summed E-state index contributed by atoms with van der Waals surface area (Å²) >= 11 is 0. The van der Waals surface area contributed by atoms with Gasteiger partial charge in [0.25, 0.3) is 5.91 Å². The van der Waals surface area contributed by atoms with Crippen molar-refractivity contribution in [1.82, 2.24) is 9.78 Å². The molecule has 0 amide bonds. The van der Waals surface area contributed by atoms with E-state index in [1.54, 1.807) is 0 Å². The van der Waals surface area contributed by atoms with Gasteiger partial charge < -0.3 is 4.74 Å².